The van der Waals surface area contributed by atoms with Crippen molar-refractivity contribution in [3.05, 3.63) is 54.1 Å². The minimum absolute atomic E-state index is 0.0315. The van der Waals surface area contributed by atoms with Gasteiger partial charge >= 0.3 is 0 Å². The van der Waals surface area contributed by atoms with Crippen molar-refractivity contribution < 1.29 is 14.0 Å². The maximum absolute atomic E-state index is 13.3. The fourth-order valence-corrected chi connectivity index (χ4v) is 3.93. The summed E-state index contributed by atoms with van der Waals surface area (Å²) in [5.74, 6) is -0.597. The van der Waals surface area contributed by atoms with Crippen molar-refractivity contribution in [2.45, 2.75) is 25.4 Å². The molecule has 0 radical (unpaired) electrons. The van der Waals surface area contributed by atoms with E-state index in [1.54, 1.807) is 24.3 Å². The lowest BCUT2D eigenvalue weighted by molar-refractivity contribution is -0.121. The molecule has 7 heteroatoms. The number of amides is 1. The molecular weight excluding hydrogens is 347 g/mol. The number of hydrogen-bond donors (Lipinski definition) is 1. The molecule has 1 N–H and O–H groups in total. The first kappa shape index (κ1) is 17.6. The summed E-state index contributed by atoms with van der Waals surface area (Å²) in [4.78, 5) is 31.8. The first-order chi connectivity index (χ1) is 13.0. The fourth-order valence-electron chi connectivity index (χ4n) is 3.93. The van der Waals surface area contributed by atoms with Crippen LogP contribution in [0.2, 0.25) is 0 Å². The number of anilines is 2. The SMILES string of the molecule is CC(=O)c1cccc(NC(=O)CN2C3CC2CN(c2ccnc(F)c2)C3)c1. The zero-order valence-electron chi connectivity index (χ0n) is 15.1. The van der Waals surface area contributed by atoms with Crippen LogP contribution in [0.4, 0.5) is 15.8 Å². The van der Waals surface area contributed by atoms with Crippen LogP contribution in [-0.4, -0.2) is 53.3 Å². The van der Waals surface area contributed by atoms with Crippen molar-refractivity contribution in [3.63, 3.8) is 0 Å². The van der Waals surface area contributed by atoms with Gasteiger partial charge in [-0.3, -0.25) is 14.5 Å². The average Bonchev–Trinajstić information content (AvgIpc) is 2.66. The van der Waals surface area contributed by atoms with Gasteiger partial charge in [0, 0.05) is 54.4 Å². The number of halogens is 1. The van der Waals surface area contributed by atoms with E-state index in [-0.39, 0.29) is 23.8 Å². The van der Waals surface area contributed by atoms with Gasteiger partial charge in [0.1, 0.15) is 0 Å². The molecule has 4 heterocycles. The van der Waals surface area contributed by atoms with E-state index in [9.17, 15) is 14.0 Å². The van der Waals surface area contributed by atoms with E-state index >= 15 is 0 Å². The largest absolute Gasteiger partial charge is 0.368 e. The predicted octanol–water partition coefficient (Wildman–Crippen LogP) is 2.32. The maximum atomic E-state index is 13.3. The van der Waals surface area contributed by atoms with Crippen molar-refractivity contribution in [1.29, 1.82) is 0 Å². The number of piperidine rings is 1. The highest BCUT2D eigenvalue weighted by molar-refractivity contribution is 5.97. The molecule has 0 saturated carbocycles. The number of Topliss-reactive ketones (excluding diaryl/α,β-unsaturated/α-hetero) is 1. The Hall–Kier alpha value is -2.80. The Morgan fingerprint density at radius 2 is 2.00 bits per heavy atom. The average molecular weight is 368 g/mol. The first-order valence-corrected chi connectivity index (χ1v) is 9.02. The molecule has 2 aromatic rings. The first-order valence-electron chi connectivity index (χ1n) is 9.02. The Morgan fingerprint density at radius 3 is 2.70 bits per heavy atom. The Bertz CT molecular complexity index is 876. The van der Waals surface area contributed by atoms with Gasteiger partial charge in [0.05, 0.1) is 6.54 Å². The van der Waals surface area contributed by atoms with Crippen LogP contribution in [0.15, 0.2) is 42.6 Å². The van der Waals surface area contributed by atoms with Crippen molar-refractivity contribution >= 4 is 23.1 Å². The van der Waals surface area contributed by atoms with Crippen LogP contribution in [0, 0.1) is 5.95 Å². The summed E-state index contributed by atoms with van der Waals surface area (Å²) < 4.78 is 13.3. The molecule has 2 atom stereocenters. The molecule has 140 valence electrons. The van der Waals surface area contributed by atoms with Gasteiger partial charge < -0.3 is 10.2 Å². The molecule has 1 amide bonds. The van der Waals surface area contributed by atoms with Gasteiger partial charge in [0.25, 0.3) is 0 Å². The Labute approximate surface area is 157 Å². The lowest BCUT2D eigenvalue weighted by atomic mass is 9.87. The van der Waals surface area contributed by atoms with Crippen molar-refractivity contribution in [3.8, 4) is 0 Å². The highest BCUT2D eigenvalue weighted by Gasteiger charge is 2.45. The molecule has 6 nitrogen and oxygen atoms in total. The molecule has 3 aliphatic rings. The Balaban J connectivity index is 1.34. The second-order valence-corrected chi connectivity index (χ2v) is 7.14. The number of pyridine rings is 1. The predicted molar refractivity (Wildman–Crippen MR) is 100 cm³/mol. The van der Waals surface area contributed by atoms with Crippen LogP contribution in [0.5, 0.6) is 0 Å². The Kier molecular flexibility index (Phi) is 4.61. The topological polar surface area (TPSA) is 65.5 Å². The molecule has 2 unspecified atom stereocenters. The van der Waals surface area contributed by atoms with Gasteiger partial charge in [-0.05, 0) is 31.5 Å². The van der Waals surface area contributed by atoms with Crippen molar-refractivity contribution in [2.24, 2.45) is 0 Å². The number of ketones is 1. The number of carbonyl (C=O) groups is 2. The molecular formula is C20H21FN4O2. The summed E-state index contributed by atoms with van der Waals surface area (Å²) in [5, 5.41) is 2.87. The standard InChI is InChI=1S/C20H21FN4O2/c1-13(26)14-3-2-4-15(7-14)23-20(27)12-25-17-8-18(25)11-24(10-17)16-5-6-22-19(21)9-16/h2-7,9,17-18H,8,10-12H2,1H3,(H,23,27). The van der Waals surface area contributed by atoms with Crippen LogP contribution in [-0.2, 0) is 4.79 Å². The molecule has 3 saturated heterocycles. The third-order valence-corrected chi connectivity index (χ3v) is 5.30. The Morgan fingerprint density at radius 1 is 1.22 bits per heavy atom. The quantitative estimate of drug-likeness (QED) is 0.648. The van der Waals surface area contributed by atoms with E-state index in [0.717, 1.165) is 25.2 Å². The summed E-state index contributed by atoms with van der Waals surface area (Å²) >= 11 is 0. The van der Waals surface area contributed by atoms with Gasteiger partial charge in [0.2, 0.25) is 11.9 Å². The zero-order valence-corrected chi connectivity index (χ0v) is 15.1. The molecule has 0 aliphatic carbocycles. The molecule has 2 bridgehead atoms. The van der Waals surface area contributed by atoms with Gasteiger partial charge in [-0.15, -0.1) is 0 Å². The number of nitrogens with one attached hydrogen (secondary N) is 1. The van der Waals surface area contributed by atoms with E-state index in [1.165, 1.54) is 19.2 Å². The number of fused-ring (bicyclic) bond motifs is 2. The summed E-state index contributed by atoms with van der Waals surface area (Å²) in [7, 11) is 0. The summed E-state index contributed by atoms with van der Waals surface area (Å²) in [6, 6.07) is 10.8. The molecule has 3 fully saturated rings. The van der Waals surface area contributed by atoms with Crippen molar-refractivity contribution in [1.82, 2.24) is 9.88 Å². The number of nitrogens with zero attached hydrogens (tertiary/aromatic N) is 3. The van der Waals surface area contributed by atoms with Gasteiger partial charge in [-0.1, -0.05) is 12.1 Å². The van der Waals surface area contributed by atoms with Crippen LogP contribution in [0.25, 0.3) is 0 Å². The van der Waals surface area contributed by atoms with Crippen molar-refractivity contribution in [2.75, 3.05) is 29.9 Å². The number of hydrogen-bond acceptors (Lipinski definition) is 5. The van der Waals surface area contributed by atoms with E-state index < -0.39 is 5.95 Å². The molecule has 0 spiro atoms. The van der Waals surface area contributed by atoms with E-state index in [1.807, 2.05) is 6.07 Å². The van der Waals surface area contributed by atoms with Crippen LogP contribution < -0.4 is 10.2 Å². The number of benzene rings is 1. The number of rotatable bonds is 5. The third-order valence-electron chi connectivity index (χ3n) is 5.30. The molecule has 1 aromatic heterocycles. The monoisotopic (exact) mass is 368 g/mol. The number of piperazine rings is 1. The van der Waals surface area contributed by atoms with Gasteiger partial charge in [-0.2, -0.15) is 4.39 Å². The second kappa shape index (κ2) is 7.08. The smallest absolute Gasteiger partial charge is 0.238 e. The van der Waals surface area contributed by atoms with E-state index in [2.05, 4.69) is 20.1 Å². The highest BCUT2D eigenvalue weighted by Crippen LogP contribution is 2.34. The maximum Gasteiger partial charge on any atom is 0.238 e. The summed E-state index contributed by atoms with van der Waals surface area (Å²) in [6.45, 7) is 3.36. The molecule has 27 heavy (non-hydrogen) atoms. The highest BCUT2D eigenvalue weighted by atomic mass is 19.1. The zero-order chi connectivity index (χ0) is 19.0. The third kappa shape index (κ3) is 3.68. The lowest BCUT2D eigenvalue weighted by Gasteiger charge is -2.56. The molecule has 3 aliphatic heterocycles. The molecule has 1 aromatic carbocycles. The minimum atomic E-state index is -0.476. The lowest BCUT2D eigenvalue weighted by Crippen LogP contribution is -2.69. The second-order valence-electron chi connectivity index (χ2n) is 7.14. The van der Waals surface area contributed by atoms with E-state index in [4.69, 9.17) is 0 Å². The fraction of sp³-hybridized carbons (Fsp3) is 0.350. The number of carbonyl (C=O) groups excluding carboxylic acids is 2. The van der Waals surface area contributed by atoms with Gasteiger partial charge in [-0.25, -0.2) is 4.98 Å². The van der Waals surface area contributed by atoms with E-state index in [0.29, 0.717) is 17.8 Å². The minimum Gasteiger partial charge on any atom is -0.368 e. The van der Waals surface area contributed by atoms with Crippen LogP contribution in [0.3, 0.4) is 0 Å². The summed E-state index contributed by atoms with van der Waals surface area (Å²) in [6.07, 6.45) is 2.53. The normalized spacial score (nSPS) is 21.5. The van der Waals surface area contributed by atoms with Gasteiger partial charge in [0.15, 0.2) is 5.78 Å². The molecule has 5 rings (SSSR count). The summed E-state index contributed by atoms with van der Waals surface area (Å²) in [5.41, 5.74) is 2.04. The number of aromatic nitrogens is 1. The van der Waals surface area contributed by atoms with Crippen LogP contribution in [0.1, 0.15) is 23.7 Å². The van der Waals surface area contributed by atoms with Crippen LogP contribution >= 0.6 is 0 Å².